The highest BCUT2D eigenvalue weighted by Gasteiger charge is 2.18. The molecule has 2 aromatic rings. The molecule has 96 valence electrons. The fourth-order valence-corrected chi connectivity index (χ4v) is 1.96. The Morgan fingerprint density at radius 2 is 2.17 bits per heavy atom. The number of hydrogen-bond acceptors (Lipinski definition) is 4. The van der Waals surface area contributed by atoms with Crippen LogP contribution in [0.4, 0.5) is 5.69 Å². The van der Waals surface area contributed by atoms with E-state index in [9.17, 15) is 0 Å². The van der Waals surface area contributed by atoms with Gasteiger partial charge in [0.25, 0.3) is 0 Å². The van der Waals surface area contributed by atoms with E-state index in [-0.39, 0.29) is 6.04 Å². The zero-order valence-corrected chi connectivity index (χ0v) is 10.7. The third-order valence-corrected chi connectivity index (χ3v) is 3.02. The summed E-state index contributed by atoms with van der Waals surface area (Å²) in [5.41, 5.74) is 6.88. The van der Waals surface area contributed by atoms with Crippen molar-refractivity contribution in [2.75, 3.05) is 25.6 Å². The second kappa shape index (κ2) is 5.60. The molecule has 0 fully saturated rings. The number of anilines is 1. The van der Waals surface area contributed by atoms with E-state index in [1.165, 1.54) is 0 Å². The molecule has 0 amide bonds. The lowest BCUT2D eigenvalue weighted by Crippen LogP contribution is -2.30. The maximum atomic E-state index is 5.84. The van der Waals surface area contributed by atoms with Gasteiger partial charge in [0, 0.05) is 25.3 Å². The van der Waals surface area contributed by atoms with Crippen molar-refractivity contribution in [2.24, 2.45) is 5.73 Å². The van der Waals surface area contributed by atoms with Gasteiger partial charge in [0.1, 0.15) is 11.5 Å². The van der Waals surface area contributed by atoms with Gasteiger partial charge in [-0.05, 0) is 24.3 Å². The normalized spacial score (nSPS) is 12.2. The lowest BCUT2D eigenvalue weighted by atomic mass is 10.1. The Bertz CT molecular complexity index is 482. The molecule has 1 aromatic carbocycles. The lowest BCUT2D eigenvalue weighted by Gasteiger charge is -2.27. The van der Waals surface area contributed by atoms with Crippen molar-refractivity contribution in [3.8, 4) is 5.75 Å². The molecule has 4 heteroatoms. The number of methoxy groups -OCH3 is 1. The standard InChI is InChI=1S/C14H18N2O2/c1-16(11-5-3-6-12(9-11)17-2)13(10-15)14-7-4-8-18-14/h3-9,13H,10,15H2,1-2H3. The molecule has 0 aliphatic heterocycles. The number of nitrogens with two attached hydrogens (primary N) is 1. The van der Waals surface area contributed by atoms with Crippen LogP contribution in [0.3, 0.4) is 0 Å². The number of nitrogens with zero attached hydrogens (tertiary/aromatic N) is 1. The third kappa shape index (κ3) is 2.49. The van der Waals surface area contributed by atoms with Crippen LogP contribution < -0.4 is 15.4 Å². The zero-order chi connectivity index (χ0) is 13.0. The fourth-order valence-electron chi connectivity index (χ4n) is 1.96. The van der Waals surface area contributed by atoms with E-state index in [0.29, 0.717) is 6.54 Å². The van der Waals surface area contributed by atoms with Gasteiger partial charge in [0.15, 0.2) is 0 Å². The monoisotopic (exact) mass is 246 g/mol. The summed E-state index contributed by atoms with van der Waals surface area (Å²) in [6.07, 6.45) is 1.66. The van der Waals surface area contributed by atoms with Gasteiger partial charge in [-0.25, -0.2) is 0 Å². The van der Waals surface area contributed by atoms with E-state index < -0.39 is 0 Å². The Kier molecular flexibility index (Phi) is 3.89. The largest absolute Gasteiger partial charge is 0.497 e. The van der Waals surface area contributed by atoms with Crippen molar-refractivity contribution in [2.45, 2.75) is 6.04 Å². The summed E-state index contributed by atoms with van der Waals surface area (Å²) in [5, 5.41) is 0. The van der Waals surface area contributed by atoms with Crippen LogP contribution in [-0.2, 0) is 0 Å². The Morgan fingerprint density at radius 3 is 2.78 bits per heavy atom. The molecule has 0 aliphatic rings. The van der Waals surface area contributed by atoms with Gasteiger partial charge in [-0.2, -0.15) is 0 Å². The fraction of sp³-hybridized carbons (Fsp3) is 0.286. The van der Waals surface area contributed by atoms with Crippen molar-refractivity contribution in [3.05, 3.63) is 48.4 Å². The third-order valence-electron chi connectivity index (χ3n) is 3.02. The minimum atomic E-state index is 0.0205. The molecule has 1 unspecified atom stereocenters. The van der Waals surface area contributed by atoms with Crippen LogP contribution in [0.2, 0.25) is 0 Å². The Morgan fingerprint density at radius 1 is 1.33 bits per heavy atom. The number of hydrogen-bond donors (Lipinski definition) is 1. The van der Waals surface area contributed by atoms with Gasteiger partial charge in [-0.3, -0.25) is 0 Å². The smallest absolute Gasteiger partial charge is 0.127 e. The highest BCUT2D eigenvalue weighted by Crippen LogP contribution is 2.27. The first-order valence-corrected chi connectivity index (χ1v) is 5.86. The molecule has 0 saturated carbocycles. The quantitative estimate of drug-likeness (QED) is 0.880. The van der Waals surface area contributed by atoms with Gasteiger partial charge in [-0.15, -0.1) is 0 Å². The lowest BCUT2D eigenvalue weighted by molar-refractivity contribution is 0.414. The molecule has 4 nitrogen and oxygen atoms in total. The second-order valence-electron chi connectivity index (χ2n) is 4.08. The Hall–Kier alpha value is -1.94. The molecule has 0 radical (unpaired) electrons. The Balaban J connectivity index is 2.25. The molecule has 0 aliphatic carbocycles. The van der Waals surface area contributed by atoms with Gasteiger partial charge >= 0.3 is 0 Å². The number of furan rings is 1. The highest BCUT2D eigenvalue weighted by molar-refractivity contribution is 5.51. The van der Waals surface area contributed by atoms with Crippen LogP contribution in [0.25, 0.3) is 0 Å². The molecule has 1 aromatic heterocycles. The summed E-state index contributed by atoms with van der Waals surface area (Å²) in [4.78, 5) is 2.08. The average molecular weight is 246 g/mol. The second-order valence-corrected chi connectivity index (χ2v) is 4.08. The summed E-state index contributed by atoms with van der Waals surface area (Å²) in [5.74, 6) is 1.69. The van der Waals surface area contributed by atoms with Crippen LogP contribution in [-0.4, -0.2) is 20.7 Å². The van der Waals surface area contributed by atoms with E-state index >= 15 is 0 Å². The van der Waals surface area contributed by atoms with Gasteiger partial charge in [-0.1, -0.05) is 6.07 Å². The van der Waals surface area contributed by atoms with Crippen molar-refractivity contribution in [3.63, 3.8) is 0 Å². The van der Waals surface area contributed by atoms with Crippen LogP contribution in [0.15, 0.2) is 47.1 Å². The van der Waals surface area contributed by atoms with E-state index in [1.807, 2.05) is 43.4 Å². The molecule has 0 bridgehead atoms. The summed E-state index contributed by atoms with van der Waals surface area (Å²) < 4.78 is 10.7. The summed E-state index contributed by atoms with van der Waals surface area (Å²) in [6, 6.07) is 11.7. The first-order chi connectivity index (χ1) is 8.76. The van der Waals surface area contributed by atoms with E-state index in [0.717, 1.165) is 17.2 Å². The van der Waals surface area contributed by atoms with E-state index in [4.69, 9.17) is 14.9 Å². The van der Waals surface area contributed by atoms with Crippen molar-refractivity contribution in [1.29, 1.82) is 0 Å². The van der Waals surface area contributed by atoms with Crippen molar-refractivity contribution < 1.29 is 9.15 Å². The summed E-state index contributed by atoms with van der Waals surface area (Å²) in [6.45, 7) is 0.487. The molecule has 0 spiro atoms. The maximum absolute atomic E-state index is 5.84. The molecule has 1 heterocycles. The van der Waals surface area contributed by atoms with Gasteiger partial charge in [0.05, 0.1) is 19.4 Å². The summed E-state index contributed by atoms with van der Waals surface area (Å²) >= 11 is 0. The number of likely N-dealkylation sites (N-methyl/N-ethyl adjacent to an activating group) is 1. The molecule has 0 saturated heterocycles. The predicted octanol–water partition coefficient (Wildman–Crippen LogP) is 2.42. The molecular weight excluding hydrogens is 228 g/mol. The minimum Gasteiger partial charge on any atom is -0.497 e. The average Bonchev–Trinajstić information content (AvgIpc) is 2.93. The number of ether oxygens (including phenoxy) is 1. The van der Waals surface area contributed by atoms with Crippen LogP contribution in [0.5, 0.6) is 5.75 Å². The minimum absolute atomic E-state index is 0.0205. The SMILES string of the molecule is COc1cccc(N(C)C(CN)c2ccco2)c1. The van der Waals surface area contributed by atoms with Crippen LogP contribution in [0.1, 0.15) is 11.8 Å². The number of rotatable bonds is 5. The topological polar surface area (TPSA) is 51.6 Å². The molecule has 18 heavy (non-hydrogen) atoms. The summed E-state index contributed by atoms with van der Waals surface area (Å²) in [7, 11) is 3.65. The zero-order valence-electron chi connectivity index (χ0n) is 10.7. The van der Waals surface area contributed by atoms with Gasteiger partial charge < -0.3 is 19.8 Å². The Labute approximate surface area is 107 Å². The molecule has 1 atom stereocenters. The van der Waals surface area contributed by atoms with Gasteiger partial charge in [0.2, 0.25) is 0 Å². The highest BCUT2D eigenvalue weighted by atomic mass is 16.5. The number of benzene rings is 1. The maximum Gasteiger partial charge on any atom is 0.127 e. The molecule has 2 rings (SSSR count). The first-order valence-electron chi connectivity index (χ1n) is 5.86. The van der Waals surface area contributed by atoms with Crippen molar-refractivity contribution in [1.82, 2.24) is 0 Å². The predicted molar refractivity (Wildman–Crippen MR) is 71.9 cm³/mol. The van der Waals surface area contributed by atoms with Crippen LogP contribution >= 0.6 is 0 Å². The molecular formula is C14H18N2O2. The first kappa shape index (κ1) is 12.5. The van der Waals surface area contributed by atoms with E-state index in [1.54, 1.807) is 13.4 Å². The van der Waals surface area contributed by atoms with Crippen LogP contribution in [0, 0.1) is 0 Å². The van der Waals surface area contributed by atoms with E-state index in [2.05, 4.69) is 4.90 Å². The van der Waals surface area contributed by atoms with Crippen molar-refractivity contribution >= 4 is 5.69 Å². The molecule has 2 N–H and O–H groups in total.